The van der Waals surface area contributed by atoms with E-state index in [4.69, 9.17) is 4.74 Å². The molecule has 22 heavy (non-hydrogen) atoms. The first-order valence-corrected chi connectivity index (χ1v) is 9.48. The fourth-order valence-corrected chi connectivity index (χ4v) is 2.75. The molecule has 1 aliphatic carbocycles. The van der Waals surface area contributed by atoms with Gasteiger partial charge in [-0.25, -0.2) is 8.42 Å². The Morgan fingerprint density at radius 2 is 1.68 bits per heavy atom. The van der Waals surface area contributed by atoms with Gasteiger partial charge in [0.2, 0.25) is 0 Å². The molecule has 6 nitrogen and oxygen atoms in total. The van der Waals surface area contributed by atoms with Crippen molar-refractivity contribution in [3.63, 3.8) is 0 Å². The third-order valence-electron chi connectivity index (χ3n) is 4.67. The maximum absolute atomic E-state index is 12.1. The van der Waals surface area contributed by atoms with Gasteiger partial charge in [0.1, 0.15) is 0 Å². The highest BCUT2D eigenvalue weighted by atomic mass is 32.2. The van der Waals surface area contributed by atoms with Gasteiger partial charge in [-0.2, -0.15) is 0 Å². The molecule has 0 atom stereocenters. The fraction of sp³-hybridized carbons (Fsp3) is 0.867. The Bertz CT molecular complexity index is 518. The Kier molecular flexibility index (Phi) is 6.01. The molecule has 0 N–H and O–H groups in total. The maximum Gasteiger partial charge on any atom is 0.327 e. The van der Waals surface area contributed by atoms with E-state index in [9.17, 15) is 18.0 Å². The van der Waals surface area contributed by atoms with E-state index in [1.54, 1.807) is 11.9 Å². The summed E-state index contributed by atoms with van der Waals surface area (Å²) in [5, 5.41) is 0. The van der Waals surface area contributed by atoms with Crippen LogP contribution in [0, 0.1) is 5.92 Å². The molecule has 0 aliphatic heterocycles. The van der Waals surface area contributed by atoms with Crippen LogP contribution in [-0.4, -0.2) is 55.9 Å². The minimum Gasteiger partial charge on any atom is -0.454 e. The SMILES string of the molecule is CC1CCC(N(C)C(=O)COC(=O)C(C)(C)S(C)(=O)=O)CC1. The van der Waals surface area contributed by atoms with Crippen molar-refractivity contribution >= 4 is 21.7 Å². The number of rotatable bonds is 5. The van der Waals surface area contributed by atoms with Crippen LogP contribution >= 0.6 is 0 Å². The number of amides is 1. The number of nitrogens with zero attached hydrogens (tertiary/aromatic N) is 1. The normalized spacial score (nSPS) is 23.0. The summed E-state index contributed by atoms with van der Waals surface area (Å²) in [5.41, 5.74) is 0. The van der Waals surface area contributed by atoms with E-state index in [0.717, 1.165) is 31.9 Å². The maximum atomic E-state index is 12.1. The molecule has 0 spiro atoms. The second-order valence-electron chi connectivity index (χ2n) is 6.78. The molecule has 1 rings (SSSR count). The van der Waals surface area contributed by atoms with E-state index in [1.165, 1.54) is 13.8 Å². The van der Waals surface area contributed by atoms with Crippen molar-refractivity contribution in [2.45, 2.75) is 57.2 Å². The van der Waals surface area contributed by atoms with Crippen LogP contribution in [0.2, 0.25) is 0 Å². The first-order valence-electron chi connectivity index (χ1n) is 7.59. The summed E-state index contributed by atoms with van der Waals surface area (Å²) in [6.07, 6.45) is 5.05. The average Bonchev–Trinajstić information content (AvgIpc) is 2.43. The number of esters is 1. The van der Waals surface area contributed by atoms with Crippen molar-refractivity contribution in [1.82, 2.24) is 4.90 Å². The minimum absolute atomic E-state index is 0.172. The van der Waals surface area contributed by atoms with Crippen LogP contribution in [0.15, 0.2) is 0 Å². The van der Waals surface area contributed by atoms with E-state index in [1.807, 2.05) is 0 Å². The molecular formula is C15H27NO5S. The van der Waals surface area contributed by atoms with E-state index in [0.29, 0.717) is 5.92 Å². The number of carbonyl (C=O) groups excluding carboxylic acids is 2. The Morgan fingerprint density at radius 1 is 1.18 bits per heavy atom. The molecule has 0 unspecified atom stereocenters. The Hall–Kier alpha value is -1.11. The van der Waals surface area contributed by atoms with Gasteiger partial charge in [0, 0.05) is 19.3 Å². The van der Waals surface area contributed by atoms with Crippen molar-refractivity contribution in [2.24, 2.45) is 5.92 Å². The number of likely N-dealkylation sites (N-methyl/N-ethyl adjacent to an activating group) is 1. The Morgan fingerprint density at radius 3 is 2.14 bits per heavy atom. The molecule has 0 radical (unpaired) electrons. The summed E-state index contributed by atoms with van der Waals surface area (Å²) in [4.78, 5) is 25.6. The molecule has 0 aromatic carbocycles. The van der Waals surface area contributed by atoms with E-state index >= 15 is 0 Å². The first kappa shape index (κ1) is 18.9. The van der Waals surface area contributed by atoms with Crippen molar-refractivity contribution in [3.8, 4) is 0 Å². The number of hydrogen-bond acceptors (Lipinski definition) is 5. The molecule has 1 fully saturated rings. The molecule has 0 aromatic rings. The molecule has 0 aromatic heterocycles. The summed E-state index contributed by atoms with van der Waals surface area (Å²) >= 11 is 0. The number of sulfone groups is 1. The van der Waals surface area contributed by atoms with Gasteiger partial charge in [0.15, 0.2) is 21.2 Å². The third kappa shape index (κ3) is 4.44. The van der Waals surface area contributed by atoms with Crippen molar-refractivity contribution in [1.29, 1.82) is 0 Å². The van der Waals surface area contributed by atoms with Crippen LogP contribution in [0.4, 0.5) is 0 Å². The van der Waals surface area contributed by atoms with E-state index in [-0.39, 0.29) is 11.9 Å². The van der Waals surface area contributed by atoms with E-state index < -0.39 is 27.2 Å². The van der Waals surface area contributed by atoms with Crippen LogP contribution in [0.25, 0.3) is 0 Å². The standard InChI is InChI=1S/C15H27NO5S/c1-11-6-8-12(9-7-11)16(4)13(17)10-21-14(18)15(2,3)22(5,19)20/h11-12H,6-10H2,1-5H3. The second-order valence-corrected chi connectivity index (χ2v) is 9.34. The van der Waals surface area contributed by atoms with Crippen LogP contribution in [0.5, 0.6) is 0 Å². The second kappa shape index (κ2) is 6.98. The molecule has 0 heterocycles. The summed E-state index contributed by atoms with van der Waals surface area (Å²) in [7, 11) is -1.89. The molecule has 1 saturated carbocycles. The quantitative estimate of drug-likeness (QED) is 0.710. The lowest BCUT2D eigenvalue weighted by molar-refractivity contribution is -0.154. The highest BCUT2D eigenvalue weighted by Gasteiger charge is 2.40. The molecule has 128 valence electrons. The zero-order chi connectivity index (χ0) is 17.1. The summed E-state index contributed by atoms with van der Waals surface area (Å²) in [6.45, 7) is 4.34. The van der Waals surface area contributed by atoms with Crippen LogP contribution < -0.4 is 0 Å². The Balaban J connectivity index is 2.54. The fourth-order valence-electron chi connectivity index (χ4n) is 2.39. The predicted octanol–water partition coefficient (Wildman–Crippen LogP) is 1.39. The molecule has 1 amide bonds. The Labute approximate surface area is 133 Å². The molecule has 7 heteroatoms. The smallest absolute Gasteiger partial charge is 0.327 e. The summed E-state index contributed by atoms with van der Waals surface area (Å²) in [6, 6.07) is 0.172. The molecule has 0 saturated heterocycles. The van der Waals surface area contributed by atoms with Crippen molar-refractivity contribution in [3.05, 3.63) is 0 Å². The van der Waals surface area contributed by atoms with Crippen molar-refractivity contribution in [2.75, 3.05) is 19.9 Å². The van der Waals surface area contributed by atoms with Crippen LogP contribution in [0.1, 0.15) is 46.5 Å². The summed E-state index contributed by atoms with van der Waals surface area (Å²) in [5.74, 6) is -0.501. The van der Waals surface area contributed by atoms with Gasteiger partial charge in [0.05, 0.1) is 0 Å². The minimum atomic E-state index is -3.60. The van der Waals surface area contributed by atoms with Gasteiger partial charge in [-0.1, -0.05) is 6.92 Å². The number of hydrogen-bond donors (Lipinski definition) is 0. The van der Waals surface area contributed by atoms with Crippen molar-refractivity contribution < 1.29 is 22.7 Å². The van der Waals surface area contributed by atoms with Gasteiger partial charge in [0.25, 0.3) is 5.91 Å². The highest BCUT2D eigenvalue weighted by Crippen LogP contribution is 2.26. The number of carbonyl (C=O) groups is 2. The lowest BCUT2D eigenvalue weighted by Gasteiger charge is -2.33. The zero-order valence-corrected chi connectivity index (χ0v) is 14.9. The lowest BCUT2D eigenvalue weighted by Crippen LogP contribution is -2.45. The van der Waals surface area contributed by atoms with Gasteiger partial charge in [-0.05, 0) is 45.4 Å². The lowest BCUT2D eigenvalue weighted by atomic mass is 9.87. The zero-order valence-electron chi connectivity index (χ0n) is 14.1. The highest BCUT2D eigenvalue weighted by molar-refractivity contribution is 7.92. The van der Waals surface area contributed by atoms with Crippen LogP contribution in [-0.2, 0) is 24.2 Å². The van der Waals surface area contributed by atoms with Gasteiger partial charge in [-0.15, -0.1) is 0 Å². The molecular weight excluding hydrogens is 306 g/mol. The van der Waals surface area contributed by atoms with Gasteiger partial charge in [-0.3, -0.25) is 9.59 Å². The molecule has 0 bridgehead atoms. The first-order chi connectivity index (χ1) is 9.96. The average molecular weight is 333 g/mol. The predicted molar refractivity (Wildman–Crippen MR) is 84.1 cm³/mol. The summed E-state index contributed by atoms with van der Waals surface area (Å²) < 4.78 is 26.4. The molecule has 1 aliphatic rings. The monoisotopic (exact) mass is 333 g/mol. The largest absolute Gasteiger partial charge is 0.454 e. The number of ether oxygens (including phenoxy) is 1. The van der Waals surface area contributed by atoms with Gasteiger partial charge >= 0.3 is 5.97 Å². The van der Waals surface area contributed by atoms with Gasteiger partial charge < -0.3 is 9.64 Å². The topological polar surface area (TPSA) is 80.8 Å². The third-order valence-corrected chi connectivity index (χ3v) is 6.69. The van der Waals surface area contributed by atoms with E-state index in [2.05, 4.69) is 6.92 Å². The van der Waals surface area contributed by atoms with Crippen LogP contribution in [0.3, 0.4) is 0 Å².